The molecule has 0 radical (unpaired) electrons. The molecule has 0 aromatic rings. The molecule has 1 atom stereocenters. The third-order valence-corrected chi connectivity index (χ3v) is 2.78. The summed E-state index contributed by atoms with van der Waals surface area (Å²) in [6, 6.07) is 0. The van der Waals surface area contributed by atoms with Gasteiger partial charge in [-0.2, -0.15) is 0 Å². The van der Waals surface area contributed by atoms with Crippen LogP contribution in [0.15, 0.2) is 0 Å². The number of hydrogen-bond donors (Lipinski definition) is 0. The first-order valence-electron chi connectivity index (χ1n) is 3.35. The van der Waals surface area contributed by atoms with Crippen LogP contribution in [0, 0.1) is 0 Å². The molecule has 0 heterocycles. The summed E-state index contributed by atoms with van der Waals surface area (Å²) >= 11 is 0. The highest BCUT2D eigenvalue weighted by molar-refractivity contribution is 7.48. The van der Waals surface area contributed by atoms with Gasteiger partial charge in [-0.15, -0.1) is 0 Å². The SMILES string of the molecule is COP(=O)(OC)OC(C)C(C)=O. The van der Waals surface area contributed by atoms with Gasteiger partial charge in [-0.25, -0.2) is 4.57 Å². The predicted octanol–water partition coefficient (Wildman–Crippen LogP) is 1.38. The molecule has 0 aliphatic heterocycles. The van der Waals surface area contributed by atoms with Crippen molar-refractivity contribution in [3.63, 3.8) is 0 Å². The maximum atomic E-state index is 11.2. The molecular weight excluding hydrogens is 183 g/mol. The molecule has 12 heavy (non-hydrogen) atoms. The van der Waals surface area contributed by atoms with E-state index in [-0.39, 0.29) is 5.78 Å². The second-order valence-corrected chi connectivity index (χ2v) is 4.01. The van der Waals surface area contributed by atoms with Crippen molar-refractivity contribution in [2.24, 2.45) is 0 Å². The van der Waals surface area contributed by atoms with Gasteiger partial charge in [0.1, 0.15) is 6.10 Å². The summed E-state index contributed by atoms with van der Waals surface area (Å²) in [5.74, 6) is -0.232. The molecule has 1 unspecified atom stereocenters. The van der Waals surface area contributed by atoms with E-state index in [1.54, 1.807) is 0 Å². The third-order valence-electron chi connectivity index (χ3n) is 1.31. The summed E-state index contributed by atoms with van der Waals surface area (Å²) in [6.07, 6.45) is -0.782. The molecule has 0 N–H and O–H groups in total. The van der Waals surface area contributed by atoms with E-state index in [0.29, 0.717) is 0 Å². The lowest BCUT2D eigenvalue weighted by Gasteiger charge is -2.16. The minimum atomic E-state index is -3.51. The Labute approximate surface area is 71.6 Å². The van der Waals surface area contributed by atoms with Gasteiger partial charge in [0.15, 0.2) is 5.78 Å². The lowest BCUT2D eigenvalue weighted by molar-refractivity contribution is -0.123. The summed E-state index contributed by atoms with van der Waals surface area (Å²) in [5, 5.41) is 0. The Kier molecular flexibility index (Phi) is 4.63. The molecule has 72 valence electrons. The van der Waals surface area contributed by atoms with Crippen molar-refractivity contribution >= 4 is 13.6 Å². The van der Waals surface area contributed by atoms with Crippen molar-refractivity contribution < 1.29 is 22.9 Å². The minimum Gasteiger partial charge on any atom is -0.297 e. The molecule has 0 bridgehead atoms. The van der Waals surface area contributed by atoms with E-state index in [0.717, 1.165) is 0 Å². The van der Waals surface area contributed by atoms with Crippen molar-refractivity contribution in [2.45, 2.75) is 20.0 Å². The van der Waals surface area contributed by atoms with Crippen LogP contribution in [0.2, 0.25) is 0 Å². The maximum Gasteiger partial charge on any atom is 0.474 e. The Hall–Kier alpha value is -0.220. The Morgan fingerprint density at radius 1 is 1.33 bits per heavy atom. The van der Waals surface area contributed by atoms with E-state index in [9.17, 15) is 9.36 Å². The van der Waals surface area contributed by atoms with Crippen LogP contribution in [-0.2, 0) is 22.9 Å². The van der Waals surface area contributed by atoms with Crippen LogP contribution in [0.3, 0.4) is 0 Å². The highest BCUT2D eigenvalue weighted by Crippen LogP contribution is 2.48. The average molecular weight is 196 g/mol. The van der Waals surface area contributed by atoms with E-state index in [2.05, 4.69) is 9.05 Å². The van der Waals surface area contributed by atoms with Crippen LogP contribution in [0.1, 0.15) is 13.8 Å². The second kappa shape index (κ2) is 4.72. The molecule has 0 saturated heterocycles. The molecule has 5 nitrogen and oxygen atoms in total. The normalized spacial score (nSPS) is 14.3. The zero-order valence-corrected chi connectivity index (χ0v) is 8.46. The fourth-order valence-electron chi connectivity index (χ4n) is 0.428. The molecule has 0 aliphatic rings. The topological polar surface area (TPSA) is 61.8 Å². The number of rotatable bonds is 5. The fourth-order valence-corrected chi connectivity index (χ4v) is 1.29. The lowest BCUT2D eigenvalue weighted by Crippen LogP contribution is -2.16. The largest absolute Gasteiger partial charge is 0.474 e. The van der Waals surface area contributed by atoms with Gasteiger partial charge in [0, 0.05) is 14.2 Å². The quantitative estimate of drug-likeness (QED) is 0.621. The smallest absolute Gasteiger partial charge is 0.297 e. The zero-order valence-electron chi connectivity index (χ0n) is 7.57. The summed E-state index contributed by atoms with van der Waals surface area (Å²) < 4.78 is 24.9. The standard InChI is InChI=1S/C6H13O5P/c1-5(7)6(2)11-12(8,9-3)10-4/h6H,1-4H3. The number of phosphoric ester groups is 1. The van der Waals surface area contributed by atoms with Crippen LogP contribution in [0.25, 0.3) is 0 Å². The summed E-state index contributed by atoms with van der Waals surface area (Å²) in [7, 11) is -1.13. The highest BCUT2D eigenvalue weighted by Gasteiger charge is 2.27. The number of phosphoric acid groups is 1. The van der Waals surface area contributed by atoms with Crippen molar-refractivity contribution in [2.75, 3.05) is 14.2 Å². The summed E-state index contributed by atoms with van der Waals surface area (Å²) in [4.78, 5) is 10.7. The van der Waals surface area contributed by atoms with Gasteiger partial charge in [-0.3, -0.25) is 18.4 Å². The molecule has 0 spiro atoms. The van der Waals surface area contributed by atoms with Crippen molar-refractivity contribution in [1.82, 2.24) is 0 Å². The van der Waals surface area contributed by atoms with Crippen LogP contribution in [-0.4, -0.2) is 26.1 Å². The van der Waals surface area contributed by atoms with Gasteiger partial charge < -0.3 is 0 Å². The Morgan fingerprint density at radius 3 is 2.00 bits per heavy atom. The summed E-state index contributed by atoms with van der Waals surface area (Å²) in [5.41, 5.74) is 0. The van der Waals surface area contributed by atoms with Gasteiger partial charge >= 0.3 is 7.82 Å². The van der Waals surface area contributed by atoms with Crippen molar-refractivity contribution in [1.29, 1.82) is 0 Å². The van der Waals surface area contributed by atoms with E-state index in [1.807, 2.05) is 0 Å². The predicted molar refractivity (Wildman–Crippen MR) is 42.9 cm³/mol. The van der Waals surface area contributed by atoms with E-state index in [1.165, 1.54) is 28.1 Å². The van der Waals surface area contributed by atoms with E-state index < -0.39 is 13.9 Å². The number of ketones is 1. The Balaban J connectivity index is 4.22. The zero-order chi connectivity index (χ0) is 9.78. The lowest BCUT2D eigenvalue weighted by atomic mass is 10.3. The van der Waals surface area contributed by atoms with Gasteiger partial charge in [0.05, 0.1) is 0 Å². The van der Waals surface area contributed by atoms with Crippen LogP contribution in [0.5, 0.6) is 0 Å². The first kappa shape index (κ1) is 11.8. The molecule has 0 aliphatic carbocycles. The van der Waals surface area contributed by atoms with E-state index in [4.69, 9.17) is 4.52 Å². The molecular formula is C6H13O5P. The van der Waals surface area contributed by atoms with Crippen LogP contribution >= 0.6 is 7.82 Å². The van der Waals surface area contributed by atoms with Crippen molar-refractivity contribution in [3.8, 4) is 0 Å². The molecule has 0 aromatic heterocycles. The van der Waals surface area contributed by atoms with Gasteiger partial charge in [-0.1, -0.05) is 0 Å². The van der Waals surface area contributed by atoms with Crippen molar-refractivity contribution in [3.05, 3.63) is 0 Å². The Morgan fingerprint density at radius 2 is 1.75 bits per heavy atom. The second-order valence-electron chi connectivity index (χ2n) is 2.17. The van der Waals surface area contributed by atoms with Gasteiger partial charge in [0.25, 0.3) is 0 Å². The van der Waals surface area contributed by atoms with Gasteiger partial charge in [0.2, 0.25) is 0 Å². The monoisotopic (exact) mass is 196 g/mol. The first-order valence-corrected chi connectivity index (χ1v) is 4.81. The molecule has 0 fully saturated rings. The summed E-state index contributed by atoms with van der Waals surface area (Å²) in [6.45, 7) is 2.81. The highest BCUT2D eigenvalue weighted by atomic mass is 31.2. The fraction of sp³-hybridized carbons (Fsp3) is 0.833. The molecule has 6 heteroatoms. The minimum absolute atomic E-state index is 0.232. The molecule has 0 rings (SSSR count). The molecule has 0 saturated carbocycles. The Bertz CT molecular complexity index is 194. The van der Waals surface area contributed by atoms with E-state index >= 15 is 0 Å². The van der Waals surface area contributed by atoms with Crippen LogP contribution < -0.4 is 0 Å². The number of Topliss-reactive ketones (excluding diaryl/α,β-unsaturated/α-hetero) is 1. The first-order chi connectivity index (χ1) is 5.45. The maximum absolute atomic E-state index is 11.2. The average Bonchev–Trinajstić information content (AvgIpc) is 2.04. The third kappa shape index (κ3) is 3.45. The van der Waals surface area contributed by atoms with Gasteiger partial charge in [-0.05, 0) is 13.8 Å². The number of carbonyl (C=O) groups is 1. The number of hydrogen-bond acceptors (Lipinski definition) is 5. The van der Waals surface area contributed by atoms with Crippen LogP contribution in [0.4, 0.5) is 0 Å². The molecule has 0 aromatic carbocycles. The molecule has 0 amide bonds. The number of carbonyl (C=O) groups excluding carboxylic acids is 1.